The fraction of sp³-hybridized carbons (Fsp3) is 0.324. The number of hydrogen-bond acceptors (Lipinski definition) is 6. The normalized spacial score (nSPS) is 10.9. The van der Waals surface area contributed by atoms with Crippen molar-refractivity contribution in [3.8, 4) is 11.5 Å². The molecule has 8 nitrogen and oxygen atoms in total. The summed E-state index contributed by atoms with van der Waals surface area (Å²) >= 11 is 0. The van der Waals surface area contributed by atoms with Crippen LogP contribution in [0.3, 0.4) is 0 Å². The van der Waals surface area contributed by atoms with Gasteiger partial charge < -0.3 is 18.9 Å². The fourth-order valence-corrected chi connectivity index (χ4v) is 4.51. The quantitative estimate of drug-likeness (QED) is 0.222. The van der Waals surface area contributed by atoms with Crippen molar-refractivity contribution in [3.63, 3.8) is 0 Å². The van der Waals surface area contributed by atoms with Crippen molar-refractivity contribution in [3.05, 3.63) is 107 Å². The highest BCUT2D eigenvalue weighted by atomic mass is 16.5. The van der Waals surface area contributed by atoms with Crippen LogP contribution < -0.4 is 14.8 Å². The van der Waals surface area contributed by atoms with Crippen LogP contribution in [0.1, 0.15) is 66.7 Å². The highest BCUT2D eigenvalue weighted by Gasteiger charge is 2.28. The number of ether oxygens (including phenoxy) is 2. The topological polar surface area (TPSA) is 93.9 Å². The van der Waals surface area contributed by atoms with E-state index < -0.39 is 0 Å². The van der Waals surface area contributed by atoms with Crippen LogP contribution >= 0.6 is 0 Å². The van der Waals surface area contributed by atoms with E-state index in [0.717, 1.165) is 29.7 Å². The minimum Gasteiger partial charge on any atom is -0.496 e. The molecule has 4 aromatic rings. The minimum absolute atomic E-state index is 0.0748. The number of methoxy groups -OCH3 is 2. The van der Waals surface area contributed by atoms with Gasteiger partial charge in [-0.15, -0.1) is 0 Å². The average Bonchev–Trinajstić information content (AvgIpc) is 3.50. The van der Waals surface area contributed by atoms with Crippen LogP contribution in [-0.4, -0.2) is 50.2 Å². The molecule has 8 heteroatoms. The highest BCUT2D eigenvalue weighted by molar-refractivity contribution is 6.07. The van der Waals surface area contributed by atoms with Crippen LogP contribution in [0.15, 0.2) is 89.5 Å². The Hall–Kier alpha value is -4.59. The Kier molecular flexibility index (Phi) is 11.3. The second-order valence-electron chi connectivity index (χ2n) is 10.3. The molecule has 222 valence electrons. The summed E-state index contributed by atoms with van der Waals surface area (Å²) in [4.78, 5) is 26.6. The predicted molar refractivity (Wildman–Crippen MR) is 165 cm³/mol. The van der Waals surface area contributed by atoms with Crippen molar-refractivity contribution in [2.75, 3.05) is 33.6 Å². The van der Waals surface area contributed by atoms with Gasteiger partial charge in [0.2, 0.25) is 11.8 Å². The first kappa shape index (κ1) is 31.9. The van der Waals surface area contributed by atoms with Crippen LogP contribution in [-0.2, 0) is 10.2 Å². The molecule has 0 saturated heterocycles. The third kappa shape index (κ3) is 7.57. The van der Waals surface area contributed by atoms with Gasteiger partial charge in [0.25, 0.3) is 5.91 Å². The summed E-state index contributed by atoms with van der Waals surface area (Å²) in [5.74, 6) is 0.671. The van der Waals surface area contributed by atoms with E-state index in [1.807, 2.05) is 60.7 Å². The number of carbonyl (C=O) groups excluding carboxylic acids is 2. The summed E-state index contributed by atoms with van der Waals surface area (Å²) in [6.45, 7) is 6.34. The van der Waals surface area contributed by atoms with Crippen molar-refractivity contribution in [2.45, 2.75) is 44.9 Å². The molecule has 0 aliphatic rings. The van der Waals surface area contributed by atoms with Gasteiger partial charge in [-0.05, 0) is 36.1 Å². The third-order valence-corrected chi connectivity index (χ3v) is 7.53. The molecule has 0 saturated carbocycles. The average molecular weight is 572 g/mol. The summed E-state index contributed by atoms with van der Waals surface area (Å²) in [5.41, 5.74) is 3.13. The molecular formula is C34H41N3O5. The van der Waals surface area contributed by atoms with Gasteiger partial charge in [-0.1, -0.05) is 92.7 Å². The van der Waals surface area contributed by atoms with Gasteiger partial charge in [-0.2, -0.15) is 0 Å². The molecule has 1 N–H and O–H groups in total. The summed E-state index contributed by atoms with van der Waals surface area (Å²) in [7, 11) is 6.60. The number of benzene rings is 3. The van der Waals surface area contributed by atoms with Crippen LogP contribution in [0, 0.1) is 0 Å². The number of carbonyl (C=O) groups is 2. The summed E-state index contributed by atoms with van der Waals surface area (Å²) in [6, 6.07) is 26.7. The molecule has 0 fully saturated rings. The molecule has 0 atom stereocenters. The second-order valence-corrected chi connectivity index (χ2v) is 10.3. The maximum Gasteiger partial charge on any atom is 0.265 e. The van der Waals surface area contributed by atoms with E-state index in [1.54, 1.807) is 43.3 Å². The zero-order valence-electron chi connectivity index (χ0n) is 25.5. The summed E-state index contributed by atoms with van der Waals surface area (Å²) < 4.78 is 15.8. The molecule has 0 radical (unpaired) electrons. The molecule has 4 rings (SSSR count). The number of nitrogens with zero attached hydrogens (tertiary/aromatic N) is 2. The van der Waals surface area contributed by atoms with Crippen LogP contribution in [0.25, 0.3) is 0 Å². The molecular weight excluding hydrogens is 530 g/mol. The van der Waals surface area contributed by atoms with E-state index in [0.29, 0.717) is 22.9 Å². The van der Waals surface area contributed by atoms with Crippen LogP contribution in [0.4, 0.5) is 5.88 Å². The van der Waals surface area contributed by atoms with Crippen molar-refractivity contribution < 1.29 is 23.6 Å². The highest BCUT2D eigenvalue weighted by Crippen LogP contribution is 2.33. The van der Waals surface area contributed by atoms with Gasteiger partial charge in [0.1, 0.15) is 17.1 Å². The largest absolute Gasteiger partial charge is 0.496 e. The first-order valence-corrected chi connectivity index (χ1v) is 14.0. The van der Waals surface area contributed by atoms with E-state index >= 15 is 0 Å². The molecule has 1 aromatic heterocycles. The monoisotopic (exact) mass is 571 g/mol. The smallest absolute Gasteiger partial charge is 0.265 e. The SMILES string of the molecule is CCC(C)(CC)c1cc(NC(=O)c2c(OC)cccc2OC)on1.CN(C)C(=O)C(c1ccccc1)c1ccccc1. The van der Waals surface area contributed by atoms with Gasteiger partial charge in [0, 0.05) is 25.6 Å². The maximum atomic E-state index is 12.6. The van der Waals surface area contributed by atoms with E-state index in [4.69, 9.17) is 14.0 Å². The zero-order valence-corrected chi connectivity index (χ0v) is 25.5. The lowest BCUT2D eigenvalue weighted by molar-refractivity contribution is -0.129. The Morgan fingerprint density at radius 1 is 0.857 bits per heavy atom. The lowest BCUT2D eigenvalue weighted by atomic mass is 9.81. The van der Waals surface area contributed by atoms with Gasteiger partial charge in [-0.3, -0.25) is 14.9 Å². The summed E-state index contributed by atoms with van der Waals surface area (Å²) in [6.07, 6.45) is 1.87. The van der Waals surface area contributed by atoms with E-state index in [9.17, 15) is 9.59 Å². The summed E-state index contributed by atoms with van der Waals surface area (Å²) in [5, 5.41) is 6.83. The number of hydrogen-bond donors (Lipinski definition) is 1. The Morgan fingerprint density at radius 3 is 1.79 bits per heavy atom. The van der Waals surface area contributed by atoms with Crippen molar-refractivity contribution in [2.24, 2.45) is 0 Å². The zero-order chi connectivity index (χ0) is 30.7. The van der Waals surface area contributed by atoms with E-state index in [1.165, 1.54) is 14.2 Å². The molecule has 0 bridgehead atoms. The lowest BCUT2D eigenvalue weighted by Crippen LogP contribution is -2.28. The number of likely N-dealkylation sites (N-methyl/N-ethyl adjacent to an activating group) is 1. The Bertz CT molecular complexity index is 1370. The first-order chi connectivity index (χ1) is 20.2. The first-order valence-electron chi connectivity index (χ1n) is 14.0. The minimum atomic E-state index is -0.373. The predicted octanol–water partition coefficient (Wildman–Crippen LogP) is 6.93. The van der Waals surface area contributed by atoms with Gasteiger partial charge >= 0.3 is 0 Å². The fourth-order valence-electron chi connectivity index (χ4n) is 4.51. The molecule has 0 aliphatic carbocycles. The molecule has 3 aromatic carbocycles. The molecule has 1 heterocycles. The number of amides is 2. The Morgan fingerprint density at radius 2 is 1.36 bits per heavy atom. The van der Waals surface area contributed by atoms with Crippen molar-refractivity contribution in [1.29, 1.82) is 0 Å². The second kappa shape index (κ2) is 14.9. The lowest BCUT2D eigenvalue weighted by Gasteiger charge is -2.22. The van der Waals surface area contributed by atoms with Gasteiger partial charge in [0.15, 0.2) is 0 Å². The van der Waals surface area contributed by atoms with Crippen LogP contribution in [0.5, 0.6) is 11.5 Å². The third-order valence-electron chi connectivity index (χ3n) is 7.53. The van der Waals surface area contributed by atoms with E-state index in [-0.39, 0.29) is 23.1 Å². The molecule has 0 spiro atoms. The van der Waals surface area contributed by atoms with Crippen molar-refractivity contribution >= 4 is 17.7 Å². The number of nitrogens with one attached hydrogen (secondary N) is 1. The Balaban J connectivity index is 0.000000240. The van der Waals surface area contributed by atoms with Gasteiger partial charge in [0.05, 0.1) is 25.8 Å². The van der Waals surface area contributed by atoms with Crippen molar-refractivity contribution in [1.82, 2.24) is 10.1 Å². The number of aromatic nitrogens is 1. The molecule has 2 amide bonds. The van der Waals surface area contributed by atoms with E-state index in [2.05, 4.69) is 31.2 Å². The molecule has 42 heavy (non-hydrogen) atoms. The standard InChI is InChI=1S/C18H24N2O4.C16H17NO/c1-6-18(3,7-2)14-11-15(24-20-14)19-17(21)16-12(22-4)9-8-10-13(16)23-5;1-17(2)16(18)15(13-9-5-3-6-10-13)14-11-7-4-8-12-14/h8-11H,6-7H2,1-5H3,(H,19,21);3-12,15H,1-2H3. The molecule has 0 unspecified atom stereocenters. The number of anilines is 1. The van der Waals surface area contributed by atoms with Gasteiger partial charge in [-0.25, -0.2) is 0 Å². The molecule has 0 aliphatic heterocycles. The Labute approximate surface area is 248 Å². The maximum absolute atomic E-state index is 12.6. The van der Waals surface area contributed by atoms with Crippen LogP contribution in [0.2, 0.25) is 0 Å². The number of rotatable bonds is 10.